The molecule has 5 nitrogen and oxygen atoms in total. The molecule has 0 aliphatic carbocycles. The van der Waals surface area contributed by atoms with E-state index in [0.717, 1.165) is 20.9 Å². The summed E-state index contributed by atoms with van der Waals surface area (Å²) in [5.41, 5.74) is 1.45. The van der Waals surface area contributed by atoms with Gasteiger partial charge in [0.1, 0.15) is 17.5 Å². The highest BCUT2D eigenvalue weighted by atomic mass is 35.5. The molecule has 1 aromatic heterocycles. The van der Waals surface area contributed by atoms with Gasteiger partial charge in [0.15, 0.2) is 5.78 Å². The van der Waals surface area contributed by atoms with Crippen molar-refractivity contribution in [2.24, 2.45) is 0 Å². The highest BCUT2D eigenvalue weighted by Crippen LogP contribution is 2.43. The third-order valence-corrected chi connectivity index (χ3v) is 5.54. The van der Waals surface area contributed by atoms with Crippen LogP contribution < -0.4 is 10.1 Å². The Morgan fingerprint density at radius 1 is 1.30 bits per heavy atom. The van der Waals surface area contributed by atoms with Gasteiger partial charge in [-0.2, -0.15) is 0 Å². The highest BCUT2D eigenvalue weighted by Gasteiger charge is 2.29. The Balaban J connectivity index is 1.75. The summed E-state index contributed by atoms with van der Waals surface area (Å²) >= 11 is 7.77. The van der Waals surface area contributed by atoms with E-state index in [1.165, 1.54) is 11.3 Å². The molecule has 0 saturated carbocycles. The molecule has 1 amide bonds. The fourth-order valence-corrected chi connectivity index (χ4v) is 4.07. The van der Waals surface area contributed by atoms with Gasteiger partial charge in [0.05, 0.1) is 16.4 Å². The van der Waals surface area contributed by atoms with Crippen LogP contribution in [0.4, 0.5) is 4.79 Å². The van der Waals surface area contributed by atoms with E-state index in [0.29, 0.717) is 23.7 Å². The van der Waals surface area contributed by atoms with Gasteiger partial charge >= 0.3 is 6.09 Å². The molecular formula is C20H22ClNO4S. The summed E-state index contributed by atoms with van der Waals surface area (Å²) < 4.78 is 11.2. The Bertz CT molecular complexity index is 885. The molecule has 0 fully saturated rings. The fraction of sp³-hybridized carbons (Fsp3) is 0.400. The summed E-state index contributed by atoms with van der Waals surface area (Å²) in [6, 6.07) is 7.52. The summed E-state index contributed by atoms with van der Waals surface area (Å²) in [7, 11) is 0. The average molecular weight is 408 g/mol. The lowest BCUT2D eigenvalue weighted by atomic mass is 10.0. The maximum Gasteiger partial charge on any atom is 0.407 e. The summed E-state index contributed by atoms with van der Waals surface area (Å²) in [4.78, 5) is 25.2. The second-order valence-electron chi connectivity index (χ2n) is 7.45. The molecule has 3 rings (SSSR count). The molecule has 1 aromatic carbocycles. The molecule has 7 heteroatoms. The quantitative estimate of drug-likeness (QED) is 0.716. The lowest BCUT2D eigenvalue weighted by Gasteiger charge is -2.20. The van der Waals surface area contributed by atoms with Crippen molar-refractivity contribution in [3.8, 4) is 16.2 Å². The number of amides is 1. The molecule has 1 N–H and O–H groups in total. The molecule has 1 atom stereocenters. The second-order valence-corrected chi connectivity index (χ2v) is 8.94. The lowest BCUT2D eigenvalue weighted by Crippen LogP contribution is -2.38. The number of benzene rings is 1. The van der Waals surface area contributed by atoms with Crippen LogP contribution in [0, 0.1) is 0 Å². The molecule has 0 saturated heterocycles. The van der Waals surface area contributed by atoms with Crippen molar-refractivity contribution in [1.29, 1.82) is 0 Å². The zero-order valence-corrected chi connectivity index (χ0v) is 17.3. The first kappa shape index (κ1) is 19.7. The van der Waals surface area contributed by atoms with E-state index < -0.39 is 11.7 Å². The zero-order chi connectivity index (χ0) is 19.8. The largest absolute Gasteiger partial charge is 0.486 e. The van der Waals surface area contributed by atoms with E-state index in [2.05, 4.69) is 5.32 Å². The van der Waals surface area contributed by atoms with Gasteiger partial charge in [-0.05, 0) is 51.5 Å². The molecule has 27 heavy (non-hydrogen) atoms. The standard InChI is InChI=1S/C20H22ClNO4S/c1-11(23)16-7-8-17(27-16)13-5-6-15(21)18-14(13)9-12(25-18)10-22-19(24)26-20(2,3)4/h5-8,12H,9-10H2,1-4H3,(H,22,24). The van der Waals surface area contributed by atoms with E-state index >= 15 is 0 Å². The molecule has 1 aliphatic rings. The van der Waals surface area contributed by atoms with Crippen LogP contribution in [0.5, 0.6) is 5.75 Å². The molecule has 0 bridgehead atoms. The number of ether oxygens (including phenoxy) is 2. The number of hydrogen-bond acceptors (Lipinski definition) is 5. The van der Waals surface area contributed by atoms with Crippen molar-refractivity contribution in [2.45, 2.75) is 45.8 Å². The molecule has 2 heterocycles. The van der Waals surface area contributed by atoms with Crippen LogP contribution in [0.1, 0.15) is 42.9 Å². The number of thiophene rings is 1. The van der Waals surface area contributed by atoms with Gasteiger partial charge in [-0.15, -0.1) is 11.3 Å². The SMILES string of the molecule is CC(=O)c1ccc(-c2ccc(Cl)c3c2CC(CNC(=O)OC(C)(C)C)O3)s1. The Morgan fingerprint density at radius 3 is 2.67 bits per heavy atom. The van der Waals surface area contributed by atoms with Gasteiger partial charge < -0.3 is 14.8 Å². The number of Topliss-reactive ketones (excluding diaryl/α,β-unsaturated/α-hetero) is 1. The summed E-state index contributed by atoms with van der Waals surface area (Å²) in [6.45, 7) is 7.33. The smallest absolute Gasteiger partial charge is 0.407 e. The Kier molecular flexibility index (Phi) is 5.49. The number of ketones is 1. The number of nitrogens with one attached hydrogen (secondary N) is 1. The predicted molar refractivity (Wildman–Crippen MR) is 107 cm³/mol. The first-order valence-electron chi connectivity index (χ1n) is 8.70. The molecule has 0 radical (unpaired) electrons. The van der Waals surface area contributed by atoms with Crippen LogP contribution in [0.3, 0.4) is 0 Å². The van der Waals surface area contributed by atoms with Crippen molar-refractivity contribution in [3.63, 3.8) is 0 Å². The first-order valence-corrected chi connectivity index (χ1v) is 9.89. The summed E-state index contributed by atoms with van der Waals surface area (Å²) in [5.74, 6) is 0.690. The normalized spacial score (nSPS) is 15.8. The number of halogens is 1. The minimum Gasteiger partial charge on any atom is -0.486 e. The Labute approximate surface area is 167 Å². The highest BCUT2D eigenvalue weighted by molar-refractivity contribution is 7.17. The number of fused-ring (bicyclic) bond motifs is 1. The molecule has 1 aliphatic heterocycles. The topological polar surface area (TPSA) is 64.6 Å². The van der Waals surface area contributed by atoms with Gasteiger partial charge in [-0.3, -0.25) is 4.79 Å². The van der Waals surface area contributed by atoms with E-state index in [1.807, 2.05) is 39.0 Å². The summed E-state index contributed by atoms with van der Waals surface area (Å²) in [5, 5.41) is 3.28. The first-order chi connectivity index (χ1) is 12.6. The van der Waals surface area contributed by atoms with E-state index in [1.54, 1.807) is 13.0 Å². The van der Waals surface area contributed by atoms with Crippen molar-refractivity contribution >= 4 is 34.8 Å². The van der Waals surface area contributed by atoms with Crippen molar-refractivity contribution in [2.75, 3.05) is 6.54 Å². The number of rotatable bonds is 4. The minimum atomic E-state index is -0.548. The molecule has 1 unspecified atom stereocenters. The van der Waals surface area contributed by atoms with Gasteiger partial charge in [0, 0.05) is 16.9 Å². The Hall–Kier alpha value is -2.05. The third kappa shape index (κ3) is 4.62. The van der Waals surface area contributed by atoms with E-state index in [-0.39, 0.29) is 11.9 Å². The second kappa shape index (κ2) is 7.52. The van der Waals surface area contributed by atoms with Crippen LogP contribution in [0.25, 0.3) is 10.4 Å². The van der Waals surface area contributed by atoms with Crippen molar-refractivity contribution in [3.05, 3.63) is 39.7 Å². The summed E-state index contributed by atoms with van der Waals surface area (Å²) in [6.07, 6.45) is -0.0786. The van der Waals surface area contributed by atoms with E-state index in [9.17, 15) is 9.59 Å². The van der Waals surface area contributed by atoms with Gasteiger partial charge in [-0.25, -0.2) is 4.79 Å². The molecule has 144 valence electrons. The van der Waals surface area contributed by atoms with Gasteiger partial charge in [0.2, 0.25) is 0 Å². The van der Waals surface area contributed by atoms with Gasteiger partial charge in [-0.1, -0.05) is 17.7 Å². The monoisotopic (exact) mass is 407 g/mol. The molecule has 0 spiro atoms. The fourth-order valence-electron chi connectivity index (χ4n) is 2.89. The predicted octanol–water partition coefficient (Wildman–Crippen LogP) is 5.10. The molecular weight excluding hydrogens is 386 g/mol. The van der Waals surface area contributed by atoms with Gasteiger partial charge in [0.25, 0.3) is 0 Å². The number of carbonyl (C=O) groups excluding carboxylic acids is 2. The van der Waals surface area contributed by atoms with Crippen LogP contribution in [-0.2, 0) is 11.2 Å². The maximum atomic E-state index is 11.9. The lowest BCUT2D eigenvalue weighted by molar-refractivity contribution is 0.0506. The number of hydrogen-bond donors (Lipinski definition) is 1. The molecule has 2 aromatic rings. The number of alkyl carbamates (subject to hydrolysis) is 1. The third-order valence-electron chi connectivity index (χ3n) is 4.02. The van der Waals surface area contributed by atoms with Crippen LogP contribution in [-0.4, -0.2) is 30.1 Å². The maximum absolute atomic E-state index is 11.9. The average Bonchev–Trinajstić information content (AvgIpc) is 3.19. The number of carbonyl (C=O) groups is 2. The van der Waals surface area contributed by atoms with Crippen molar-refractivity contribution < 1.29 is 19.1 Å². The Morgan fingerprint density at radius 2 is 2.04 bits per heavy atom. The van der Waals surface area contributed by atoms with E-state index in [4.69, 9.17) is 21.1 Å². The van der Waals surface area contributed by atoms with Crippen LogP contribution in [0.2, 0.25) is 5.02 Å². The van der Waals surface area contributed by atoms with Crippen LogP contribution in [0.15, 0.2) is 24.3 Å². The zero-order valence-electron chi connectivity index (χ0n) is 15.7. The van der Waals surface area contributed by atoms with Crippen LogP contribution >= 0.6 is 22.9 Å². The van der Waals surface area contributed by atoms with Crippen molar-refractivity contribution in [1.82, 2.24) is 5.32 Å². The minimum absolute atomic E-state index is 0.0487.